The molecule has 0 saturated carbocycles. The van der Waals surface area contributed by atoms with Crippen LogP contribution in [0.5, 0.6) is 0 Å². The number of nitrogens with one attached hydrogen (secondary N) is 2. The van der Waals surface area contributed by atoms with Crippen molar-refractivity contribution in [1.29, 1.82) is 10.8 Å². The third-order valence-electron chi connectivity index (χ3n) is 13.8. The number of aromatic nitrogens is 2. The van der Waals surface area contributed by atoms with Crippen LogP contribution in [0.3, 0.4) is 0 Å². The van der Waals surface area contributed by atoms with Crippen molar-refractivity contribution in [2.45, 2.75) is 122 Å². The molecule has 4 aromatic rings. The molecule has 0 radical (unpaired) electrons. The van der Waals surface area contributed by atoms with Gasteiger partial charge in [0.1, 0.15) is 23.0 Å². The summed E-state index contributed by atoms with van der Waals surface area (Å²) in [6, 6.07) is 7.53. The van der Waals surface area contributed by atoms with E-state index < -0.39 is 28.6 Å². The average Bonchev–Trinajstić information content (AvgIpc) is 3.71. The van der Waals surface area contributed by atoms with Crippen LogP contribution in [-0.4, -0.2) is 110 Å². The molecule has 2 aromatic carbocycles. The second kappa shape index (κ2) is 19.0. The van der Waals surface area contributed by atoms with Crippen molar-refractivity contribution >= 4 is 62.6 Å². The van der Waals surface area contributed by atoms with Crippen molar-refractivity contribution < 1.29 is 18.7 Å². The van der Waals surface area contributed by atoms with Crippen LogP contribution < -0.4 is 32.1 Å². The lowest BCUT2D eigenvalue weighted by atomic mass is 10.0. The number of nitrogens with zero attached hydrogens (tertiary/aromatic N) is 8. The molecule has 0 amide bonds. The molecule has 2 aromatic heterocycles. The molecule has 4 aliphatic rings. The van der Waals surface area contributed by atoms with Gasteiger partial charge < -0.3 is 50.7 Å². The van der Waals surface area contributed by atoms with Crippen molar-refractivity contribution in [3.8, 4) is 0 Å². The standard InChI is InChI=1S/C47H60F2N12O4/c1-3-56-17-15-42(62)33-19-36(48)40(21-38(33)56)58-23-29-11-12-30(24-58)60(29)43(51)18-28(50)10-8-6-5-7-9-16-54-46(52)55-47(53)61-31-13-14-32(61)26-59(25-31)41-22-39-34(20-37(41)49)44(63)35(45(64)65)27-57(39)4-2/h15,17,19-22,27,29-32,50-51H,3-14,16,18,23-26H2,1-2H3,(H,64,65)(H4,52,53,54,55). The Morgan fingerprint density at radius 3 is 1.89 bits per heavy atom. The van der Waals surface area contributed by atoms with Crippen molar-refractivity contribution in [1.82, 2.24) is 18.9 Å². The number of hydrogen-bond acceptors (Lipinski definition) is 8. The van der Waals surface area contributed by atoms with E-state index in [-0.39, 0.29) is 46.9 Å². The number of anilines is 2. The van der Waals surface area contributed by atoms with Crippen LogP contribution in [0.1, 0.15) is 94.8 Å². The molecule has 346 valence electrons. The normalized spacial score (nSPS) is 21.0. The molecule has 7 N–H and O–H groups in total. The fraction of sp³-hybridized carbons (Fsp3) is 0.511. The topological polar surface area (TPSA) is 219 Å². The maximum Gasteiger partial charge on any atom is 0.341 e. The van der Waals surface area contributed by atoms with E-state index in [4.69, 9.17) is 22.3 Å². The summed E-state index contributed by atoms with van der Waals surface area (Å²) >= 11 is 0. The van der Waals surface area contributed by atoms with E-state index in [0.29, 0.717) is 92.5 Å². The van der Waals surface area contributed by atoms with Crippen LogP contribution >= 0.6 is 0 Å². The van der Waals surface area contributed by atoms with E-state index in [9.17, 15) is 19.5 Å². The Morgan fingerprint density at radius 1 is 0.769 bits per heavy atom. The van der Waals surface area contributed by atoms with E-state index >= 15 is 8.78 Å². The average molecular weight is 895 g/mol. The molecule has 4 atom stereocenters. The molecule has 4 unspecified atom stereocenters. The van der Waals surface area contributed by atoms with Crippen LogP contribution in [0, 0.1) is 22.5 Å². The number of amidine groups is 1. The molecule has 0 spiro atoms. The van der Waals surface area contributed by atoms with Gasteiger partial charge in [0.2, 0.25) is 11.4 Å². The molecule has 4 bridgehead atoms. The lowest BCUT2D eigenvalue weighted by Crippen LogP contribution is -2.58. The minimum absolute atomic E-state index is 0.0278. The number of piperazine rings is 2. The number of guanidine groups is 2. The highest BCUT2D eigenvalue weighted by Crippen LogP contribution is 2.37. The number of nitrogens with two attached hydrogens (primary N) is 2. The Morgan fingerprint density at radius 2 is 1.31 bits per heavy atom. The number of aliphatic imine (C=N–C) groups is 2. The fourth-order valence-corrected chi connectivity index (χ4v) is 10.7. The molecule has 6 heterocycles. The van der Waals surface area contributed by atoms with Gasteiger partial charge in [-0.05, 0) is 83.1 Å². The largest absolute Gasteiger partial charge is 0.477 e. The summed E-state index contributed by atoms with van der Waals surface area (Å²) in [6.45, 7) is 7.58. The zero-order valence-corrected chi connectivity index (χ0v) is 37.2. The van der Waals surface area contributed by atoms with E-state index in [2.05, 4.69) is 19.8 Å². The SMILES string of the molecule is CCn1ccc(=O)c2cc(F)c(N3CC4CCC(C3)N4C(=N)CC(=N)CCCCCCCN=C(N)N=C(N)N3C4CCC3CN(c3cc5c(cc3F)c(=O)c(C(=O)O)cn5CC)C4)cc21. The van der Waals surface area contributed by atoms with Gasteiger partial charge in [-0.15, -0.1) is 0 Å². The van der Waals surface area contributed by atoms with Gasteiger partial charge in [0.25, 0.3) is 0 Å². The predicted octanol–water partition coefficient (Wildman–Crippen LogP) is 5.70. The summed E-state index contributed by atoms with van der Waals surface area (Å²) in [4.78, 5) is 54.1. The maximum absolute atomic E-state index is 15.6. The monoisotopic (exact) mass is 894 g/mol. The molecular weight excluding hydrogens is 835 g/mol. The molecule has 4 aliphatic heterocycles. The van der Waals surface area contributed by atoms with E-state index in [1.807, 2.05) is 28.2 Å². The summed E-state index contributed by atoms with van der Waals surface area (Å²) in [5.74, 6) is -1.46. The first-order chi connectivity index (χ1) is 31.3. The number of carboxylic acid groups (broad SMARTS) is 1. The van der Waals surface area contributed by atoms with Crippen molar-refractivity contribution in [2.24, 2.45) is 21.5 Å². The van der Waals surface area contributed by atoms with Crippen LogP contribution in [0.4, 0.5) is 20.2 Å². The Labute approximate surface area is 376 Å². The second-order valence-electron chi connectivity index (χ2n) is 17.9. The minimum Gasteiger partial charge on any atom is -0.477 e. The second-order valence-corrected chi connectivity index (χ2v) is 17.9. The number of hydrogen-bond donors (Lipinski definition) is 5. The Hall–Kier alpha value is -6.33. The Bertz CT molecular complexity index is 2670. The van der Waals surface area contributed by atoms with Gasteiger partial charge in [-0.2, -0.15) is 4.99 Å². The van der Waals surface area contributed by atoms with Crippen molar-refractivity contribution in [3.05, 3.63) is 80.4 Å². The maximum atomic E-state index is 15.6. The number of benzene rings is 2. The summed E-state index contributed by atoms with van der Waals surface area (Å²) < 4.78 is 34.6. The third-order valence-corrected chi connectivity index (χ3v) is 13.8. The molecule has 65 heavy (non-hydrogen) atoms. The van der Waals surface area contributed by atoms with Crippen molar-refractivity contribution in [2.75, 3.05) is 42.5 Å². The number of fused-ring (bicyclic) bond motifs is 6. The highest BCUT2D eigenvalue weighted by molar-refractivity contribution is 6.01. The number of aromatic carboxylic acids is 1. The number of carboxylic acids is 1. The van der Waals surface area contributed by atoms with Gasteiger partial charge in [-0.3, -0.25) is 20.0 Å². The molecule has 4 saturated heterocycles. The van der Waals surface area contributed by atoms with Gasteiger partial charge in [-0.1, -0.05) is 19.3 Å². The molecule has 8 rings (SSSR count). The first kappa shape index (κ1) is 45.2. The van der Waals surface area contributed by atoms with Crippen LogP contribution in [0.15, 0.2) is 62.3 Å². The van der Waals surface area contributed by atoms with Crippen molar-refractivity contribution in [3.63, 3.8) is 0 Å². The molecule has 0 aliphatic carbocycles. The van der Waals surface area contributed by atoms with E-state index in [1.165, 1.54) is 18.3 Å². The number of carbonyl (C=O) groups is 1. The number of rotatable bonds is 15. The summed E-state index contributed by atoms with van der Waals surface area (Å²) in [6.07, 6.45) is 12.2. The highest BCUT2D eigenvalue weighted by atomic mass is 19.1. The van der Waals surface area contributed by atoms with Gasteiger partial charge in [0.05, 0.1) is 22.4 Å². The van der Waals surface area contributed by atoms with E-state index in [1.54, 1.807) is 22.9 Å². The quantitative estimate of drug-likeness (QED) is 0.0557. The van der Waals surface area contributed by atoms with Gasteiger partial charge in [0.15, 0.2) is 11.4 Å². The number of pyridine rings is 2. The molecule has 18 heteroatoms. The summed E-state index contributed by atoms with van der Waals surface area (Å²) in [7, 11) is 0. The van der Waals surface area contributed by atoms with Crippen LogP contribution in [0.25, 0.3) is 21.8 Å². The van der Waals surface area contributed by atoms with E-state index in [0.717, 1.165) is 69.4 Å². The Balaban J connectivity index is 0.753. The van der Waals surface area contributed by atoms with Crippen LogP contribution in [-0.2, 0) is 13.1 Å². The molecular formula is C47H60F2N12O4. The smallest absolute Gasteiger partial charge is 0.341 e. The minimum atomic E-state index is -1.35. The predicted molar refractivity (Wildman–Crippen MR) is 252 cm³/mol. The van der Waals surface area contributed by atoms with Crippen LogP contribution in [0.2, 0.25) is 0 Å². The zero-order valence-electron chi connectivity index (χ0n) is 37.2. The Kier molecular flexibility index (Phi) is 13.2. The molecule has 4 fully saturated rings. The summed E-state index contributed by atoms with van der Waals surface area (Å²) in [5, 5.41) is 27.5. The first-order valence-electron chi connectivity index (χ1n) is 23.0. The van der Waals surface area contributed by atoms with Gasteiger partial charge in [-0.25, -0.2) is 13.6 Å². The highest BCUT2D eigenvalue weighted by Gasteiger charge is 2.43. The number of aryl methyl sites for hydroxylation is 2. The molecule has 16 nitrogen and oxygen atoms in total. The lowest BCUT2D eigenvalue weighted by Gasteiger charge is -2.43. The zero-order chi connectivity index (χ0) is 46.1. The summed E-state index contributed by atoms with van der Waals surface area (Å²) in [5.41, 5.74) is 14.0. The first-order valence-corrected chi connectivity index (χ1v) is 23.0. The number of halogens is 2. The van der Waals surface area contributed by atoms with Gasteiger partial charge >= 0.3 is 5.97 Å². The number of unbranched alkanes of at least 4 members (excludes halogenated alkanes) is 4. The fourth-order valence-electron chi connectivity index (χ4n) is 10.7. The lowest BCUT2D eigenvalue weighted by molar-refractivity contribution is 0.0694. The third kappa shape index (κ3) is 9.16. The van der Waals surface area contributed by atoms with Gasteiger partial charge in [0, 0.05) is 111 Å².